The van der Waals surface area contributed by atoms with Gasteiger partial charge in [0.1, 0.15) is 4.99 Å². The predicted molar refractivity (Wildman–Crippen MR) is 77.4 cm³/mol. The average molecular weight is 307 g/mol. The molecule has 1 rings (SSSR count). The van der Waals surface area contributed by atoms with Crippen LogP contribution in [0.15, 0.2) is 23.1 Å². The maximum Gasteiger partial charge on any atom is 0.243 e. The maximum absolute atomic E-state index is 12.2. The molecular weight excluding hydrogens is 292 g/mol. The van der Waals surface area contributed by atoms with Crippen LogP contribution in [0.5, 0.6) is 0 Å². The first kappa shape index (κ1) is 15.4. The molecular formula is C11H15ClN2O2S2. The van der Waals surface area contributed by atoms with Crippen LogP contribution in [0.3, 0.4) is 0 Å². The summed E-state index contributed by atoms with van der Waals surface area (Å²) >= 11 is 10.8. The van der Waals surface area contributed by atoms with E-state index in [1.165, 1.54) is 29.6 Å². The summed E-state index contributed by atoms with van der Waals surface area (Å²) in [6.07, 6.45) is 0. The quantitative estimate of drug-likeness (QED) is 0.864. The second kappa shape index (κ2) is 5.52. The Morgan fingerprint density at radius 1 is 1.44 bits per heavy atom. The van der Waals surface area contributed by atoms with Gasteiger partial charge in [-0.3, -0.25) is 0 Å². The summed E-state index contributed by atoms with van der Waals surface area (Å²) in [5.74, 6) is 0. The van der Waals surface area contributed by atoms with E-state index in [0.29, 0.717) is 5.56 Å². The molecule has 0 spiro atoms. The van der Waals surface area contributed by atoms with Crippen LogP contribution >= 0.6 is 23.8 Å². The first-order valence-electron chi connectivity index (χ1n) is 5.25. The molecule has 1 aromatic carbocycles. The Hall–Kier alpha value is -0.690. The maximum atomic E-state index is 12.2. The largest absolute Gasteiger partial charge is 0.389 e. The summed E-state index contributed by atoms with van der Waals surface area (Å²) in [6, 6.07) is 4.20. The molecule has 0 radical (unpaired) electrons. The molecule has 100 valence electrons. The number of hydrogen-bond donors (Lipinski definition) is 1. The van der Waals surface area contributed by atoms with Crippen molar-refractivity contribution in [2.75, 3.05) is 7.05 Å². The van der Waals surface area contributed by atoms with E-state index >= 15 is 0 Å². The monoisotopic (exact) mass is 306 g/mol. The van der Waals surface area contributed by atoms with Crippen LogP contribution < -0.4 is 5.73 Å². The van der Waals surface area contributed by atoms with Crippen molar-refractivity contribution in [2.24, 2.45) is 5.73 Å². The highest BCUT2D eigenvalue weighted by Crippen LogP contribution is 2.23. The highest BCUT2D eigenvalue weighted by Gasteiger charge is 2.23. The second-order valence-electron chi connectivity index (χ2n) is 4.12. The summed E-state index contributed by atoms with van der Waals surface area (Å²) in [5.41, 5.74) is 5.94. The van der Waals surface area contributed by atoms with Gasteiger partial charge in [0, 0.05) is 18.7 Å². The van der Waals surface area contributed by atoms with E-state index in [4.69, 9.17) is 29.6 Å². The molecule has 0 aliphatic heterocycles. The number of sulfonamides is 1. The Morgan fingerprint density at radius 3 is 2.39 bits per heavy atom. The molecule has 18 heavy (non-hydrogen) atoms. The van der Waals surface area contributed by atoms with Crippen LogP contribution in [0.1, 0.15) is 19.4 Å². The zero-order valence-corrected chi connectivity index (χ0v) is 12.7. The number of nitrogens with two attached hydrogens (primary N) is 1. The summed E-state index contributed by atoms with van der Waals surface area (Å²) in [6.45, 7) is 3.59. The van der Waals surface area contributed by atoms with Crippen molar-refractivity contribution in [3.63, 3.8) is 0 Å². The van der Waals surface area contributed by atoms with Crippen molar-refractivity contribution in [3.05, 3.63) is 28.8 Å². The normalized spacial score (nSPS) is 12.1. The highest BCUT2D eigenvalue weighted by atomic mass is 35.5. The minimum atomic E-state index is -3.54. The predicted octanol–water partition coefficient (Wildman–Crippen LogP) is 2.00. The van der Waals surface area contributed by atoms with Crippen molar-refractivity contribution in [2.45, 2.75) is 24.8 Å². The Bertz CT molecular complexity index is 570. The number of halogens is 1. The average Bonchev–Trinajstić information content (AvgIpc) is 2.27. The smallest absolute Gasteiger partial charge is 0.243 e. The van der Waals surface area contributed by atoms with Gasteiger partial charge >= 0.3 is 0 Å². The lowest BCUT2D eigenvalue weighted by Crippen LogP contribution is -2.33. The van der Waals surface area contributed by atoms with Crippen molar-refractivity contribution < 1.29 is 8.42 Å². The zero-order valence-electron chi connectivity index (χ0n) is 10.3. The number of thiocarbonyl (C=S) groups is 1. The van der Waals surface area contributed by atoms with Crippen LogP contribution in [0.4, 0.5) is 0 Å². The van der Waals surface area contributed by atoms with E-state index < -0.39 is 10.0 Å². The molecule has 0 bridgehead atoms. The molecule has 0 amide bonds. The van der Waals surface area contributed by atoms with Crippen LogP contribution in [0.25, 0.3) is 0 Å². The molecule has 0 unspecified atom stereocenters. The molecule has 0 atom stereocenters. The molecule has 0 aliphatic rings. The first-order valence-corrected chi connectivity index (χ1v) is 7.48. The van der Waals surface area contributed by atoms with Crippen molar-refractivity contribution >= 4 is 38.8 Å². The van der Waals surface area contributed by atoms with Gasteiger partial charge < -0.3 is 5.73 Å². The van der Waals surface area contributed by atoms with E-state index in [9.17, 15) is 8.42 Å². The standard InChI is InChI=1S/C11H15ClN2O2S2/c1-7(2)14(3)18(15,16)8-4-5-9(11(13)17)10(12)6-8/h4-7H,1-3H3,(H2,13,17). The lowest BCUT2D eigenvalue weighted by molar-refractivity contribution is 0.410. The lowest BCUT2D eigenvalue weighted by Gasteiger charge is -2.21. The minimum absolute atomic E-state index is 0.128. The molecule has 0 saturated carbocycles. The van der Waals surface area contributed by atoms with Gasteiger partial charge in [0.25, 0.3) is 0 Å². The zero-order chi connectivity index (χ0) is 14.1. The summed E-state index contributed by atoms with van der Waals surface area (Å²) < 4.78 is 25.7. The van der Waals surface area contributed by atoms with E-state index in [2.05, 4.69) is 0 Å². The van der Waals surface area contributed by atoms with E-state index in [1.54, 1.807) is 13.8 Å². The van der Waals surface area contributed by atoms with Gasteiger partial charge in [-0.05, 0) is 32.0 Å². The highest BCUT2D eigenvalue weighted by molar-refractivity contribution is 7.89. The Labute approximate surface area is 118 Å². The molecule has 1 aromatic rings. The van der Waals surface area contributed by atoms with Crippen molar-refractivity contribution in [3.8, 4) is 0 Å². The van der Waals surface area contributed by atoms with Gasteiger partial charge in [-0.25, -0.2) is 8.42 Å². The molecule has 4 nitrogen and oxygen atoms in total. The fourth-order valence-corrected chi connectivity index (χ4v) is 3.28. The molecule has 7 heteroatoms. The molecule has 0 aliphatic carbocycles. The number of benzene rings is 1. The molecule has 0 saturated heterocycles. The Kier molecular flexibility index (Phi) is 4.72. The lowest BCUT2D eigenvalue weighted by atomic mass is 10.2. The molecule has 0 fully saturated rings. The van der Waals surface area contributed by atoms with Gasteiger partial charge in [-0.2, -0.15) is 4.31 Å². The SMILES string of the molecule is CC(C)N(C)S(=O)(=O)c1ccc(C(N)=S)c(Cl)c1. The third kappa shape index (κ3) is 3.00. The van der Waals surface area contributed by atoms with Gasteiger partial charge in [-0.15, -0.1) is 0 Å². The Morgan fingerprint density at radius 2 is 2.00 bits per heavy atom. The number of nitrogens with zero attached hydrogens (tertiary/aromatic N) is 1. The third-order valence-electron chi connectivity index (χ3n) is 2.61. The number of rotatable bonds is 4. The fourth-order valence-electron chi connectivity index (χ4n) is 1.30. The first-order chi connectivity index (χ1) is 8.17. The topological polar surface area (TPSA) is 63.4 Å². The van der Waals surface area contributed by atoms with Crippen molar-refractivity contribution in [1.29, 1.82) is 0 Å². The Balaban J connectivity index is 3.28. The molecule has 0 heterocycles. The van der Waals surface area contributed by atoms with Crippen LogP contribution in [0.2, 0.25) is 5.02 Å². The van der Waals surface area contributed by atoms with Crippen molar-refractivity contribution in [1.82, 2.24) is 4.31 Å². The van der Waals surface area contributed by atoms with Gasteiger partial charge in [0.2, 0.25) is 10.0 Å². The molecule has 2 N–H and O–H groups in total. The van der Waals surface area contributed by atoms with Gasteiger partial charge in [0.15, 0.2) is 0 Å². The second-order valence-corrected chi connectivity index (χ2v) is 6.97. The van der Waals surface area contributed by atoms with E-state index in [0.717, 1.165) is 0 Å². The van der Waals surface area contributed by atoms with Gasteiger partial charge in [-0.1, -0.05) is 23.8 Å². The summed E-state index contributed by atoms with van der Waals surface area (Å²) in [7, 11) is -2.02. The third-order valence-corrected chi connectivity index (χ3v) is 5.17. The van der Waals surface area contributed by atoms with E-state index in [1.807, 2.05) is 0 Å². The summed E-state index contributed by atoms with van der Waals surface area (Å²) in [4.78, 5) is 0.268. The van der Waals surface area contributed by atoms with Gasteiger partial charge in [0.05, 0.1) is 9.92 Å². The minimum Gasteiger partial charge on any atom is -0.389 e. The van der Waals surface area contributed by atoms with E-state index in [-0.39, 0.29) is 20.9 Å². The molecule has 0 aromatic heterocycles. The van der Waals surface area contributed by atoms with Crippen LogP contribution in [-0.4, -0.2) is 30.8 Å². The number of hydrogen-bond acceptors (Lipinski definition) is 3. The fraction of sp³-hybridized carbons (Fsp3) is 0.364. The summed E-state index contributed by atoms with van der Waals surface area (Å²) in [5, 5.41) is 0.237. The van der Waals surface area contributed by atoms with Crippen LogP contribution in [0, 0.1) is 0 Å². The van der Waals surface area contributed by atoms with Crippen LogP contribution in [-0.2, 0) is 10.0 Å².